The van der Waals surface area contributed by atoms with E-state index in [0.717, 1.165) is 43.2 Å². The Morgan fingerprint density at radius 1 is 1.16 bits per heavy atom. The zero-order valence-electron chi connectivity index (χ0n) is 16.8. The van der Waals surface area contributed by atoms with Crippen LogP contribution in [-0.2, 0) is 26.9 Å². The number of morpholine rings is 1. The Balaban J connectivity index is 1.47. The van der Waals surface area contributed by atoms with E-state index in [9.17, 15) is 17.5 Å². The van der Waals surface area contributed by atoms with Gasteiger partial charge < -0.3 is 19.2 Å². The van der Waals surface area contributed by atoms with E-state index in [1.807, 2.05) is 18.2 Å². The first-order valence-corrected chi connectivity index (χ1v) is 13.3. The fourth-order valence-electron chi connectivity index (χ4n) is 4.07. The quantitative estimate of drug-likeness (QED) is 0.409. The molecule has 3 unspecified atom stereocenters. The van der Waals surface area contributed by atoms with Gasteiger partial charge in [0.1, 0.15) is 0 Å². The third-order valence-electron chi connectivity index (χ3n) is 5.66. The molecule has 2 aliphatic heterocycles. The van der Waals surface area contributed by atoms with Crippen molar-refractivity contribution >= 4 is 39.6 Å². The van der Waals surface area contributed by atoms with E-state index in [4.69, 9.17) is 4.74 Å². The van der Waals surface area contributed by atoms with Gasteiger partial charge in [0.15, 0.2) is 0 Å². The Hall–Kier alpha value is -1.27. The summed E-state index contributed by atoms with van der Waals surface area (Å²) in [6, 6.07) is 14.7. The molecule has 7 nitrogen and oxygen atoms in total. The summed E-state index contributed by atoms with van der Waals surface area (Å²) in [7, 11) is 0. The average molecular weight is 481 g/mol. The van der Waals surface area contributed by atoms with Crippen molar-refractivity contribution in [2.24, 2.45) is 0 Å². The van der Waals surface area contributed by atoms with E-state index in [1.54, 1.807) is 11.8 Å². The van der Waals surface area contributed by atoms with Crippen LogP contribution in [0.25, 0.3) is 0 Å². The van der Waals surface area contributed by atoms with Crippen LogP contribution in [0.15, 0.2) is 63.2 Å². The van der Waals surface area contributed by atoms with Crippen molar-refractivity contribution in [1.82, 2.24) is 4.90 Å². The number of likely N-dealkylation sites (tertiary alicyclic amines) is 1. The molecule has 0 radical (unpaired) electrons. The molecule has 31 heavy (non-hydrogen) atoms. The predicted molar refractivity (Wildman–Crippen MR) is 120 cm³/mol. The maximum absolute atomic E-state index is 11.7. The number of nitrogens with one attached hydrogen (secondary N) is 1. The Labute approximate surface area is 191 Å². The minimum absolute atomic E-state index is 0.0103. The molecular formula is C21H24N2O5S3-2. The van der Waals surface area contributed by atoms with Gasteiger partial charge in [0, 0.05) is 51.3 Å². The summed E-state index contributed by atoms with van der Waals surface area (Å²) < 4.78 is 51.6. The molecule has 10 heteroatoms. The Morgan fingerprint density at radius 3 is 2.61 bits per heavy atom. The van der Waals surface area contributed by atoms with Gasteiger partial charge >= 0.3 is 0 Å². The van der Waals surface area contributed by atoms with E-state index in [0.29, 0.717) is 17.8 Å². The van der Waals surface area contributed by atoms with Gasteiger partial charge in [-0.2, -0.15) is 0 Å². The molecule has 2 aromatic carbocycles. The van der Waals surface area contributed by atoms with Crippen LogP contribution in [0.2, 0.25) is 0 Å². The standard InChI is InChI=1S/C21H26N2O5S3/c24-30(25)19-6-7-20(21(11-19)31(26)27)22-15(14-29-18-4-2-1-3-5-18)8-9-23-12-17-10-16(23)13-28-17/h1-7,11,15-17,22H,8-10,12-14H2,(H,24,25)(H,26,27)/p-2/t15-,16-,17?/m1/s1. The van der Waals surface area contributed by atoms with Crippen molar-refractivity contribution in [2.45, 2.75) is 45.7 Å². The first kappa shape index (κ1) is 22.9. The van der Waals surface area contributed by atoms with E-state index in [2.05, 4.69) is 22.3 Å². The summed E-state index contributed by atoms with van der Waals surface area (Å²) in [5.41, 5.74) is 0.424. The summed E-state index contributed by atoms with van der Waals surface area (Å²) in [5.74, 6) is 0.753. The van der Waals surface area contributed by atoms with Crippen LogP contribution < -0.4 is 5.32 Å². The molecule has 168 valence electrons. The number of rotatable bonds is 10. The van der Waals surface area contributed by atoms with E-state index < -0.39 is 22.2 Å². The molecule has 2 bridgehead atoms. The van der Waals surface area contributed by atoms with Crippen LogP contribution in [-0.4, -0.2) is 66.1 Å². The fourth-order valence-corrected chi connectivity index (χ4v) is 6.06. The summed E-state index contributed by atoms with van der Waals surface area (Å²) in [6.45, 7) is 2.63. The third kappa shape index (κ3) is 5.95. The molecule has 2 heterocycles. The van der Waals surface area contributed by atoms with Gasteiger partial charge in [-0.1, -0.05) is 18.2 Å². The van der Waals surface area contributed by atoms with Crippen molar-refractivity contribution < 1.29 is 22.3 Å². The first-order valence-electron chi connectivity index (χ1n) is 10.1. The van der Waals surface area contributed by atoms with E-state index in [-0.39, 0.29) is 15.8 Å². The lowest BCUT2D eigenvalue weighted by atomic mass is 10.2. The Kier molecular flexibility index (Phi) is 7.81. The predicted octanol–water partition coefficient (Wildman–Crippen LogP) is 2.60. The molecule has 2 aromatic rings. The SMILES string of the molecule is O=S([O-])c1ccc(N[C@H](CCN2CC3C[C@@H]2CO3)CSc2ccccc2)c(S(=O)[O-])c1. The van der Waals surface area contributed by atoms with E-state index in [1.165, 1.54) is 18.2 Å². The van der Waals surface area contributed by atoms with Crippen molar-refractivity contribution in [3.8, 4) is 0 Å². The number of hydrogen-bond donors (Lipinski definition) is 1. The smallest absolute Gasteiger partial charge is 0.0718 e. The number of hydrogen-bond acceptors (Lipinski definition) is 8. The largest absolute Gasteiger partial charge is 0.768 e. The maximum atomic E-state index is 11.7. The second-order valence-electron chi connectivity index (χ2n) is 7.72. The van der Waals surface area contributed by atoms with Gasteiger partial charge in [-0.05, 0) is 65.3 Å². The van der Waals surface area contributed by atoms with Crippen LogP contribution in [0, 0.1) is 0 Å². The monoisotopic (exact) mass is 480 g/mol. The molecule has 0 amide bonds. The summed E-state index contributed by atoms with van der Waals surface area (Å²) >= 11 is -3.33. The van der Waals surface area contributed by atoms with Crippen LogP contribution in [0.4, 0.5) is 5.69 Å². The number of ether oxygens (including phenoxy) is 1. The van der Waals surface area contributed by atoms with E-state index >= 15 is 0 Å². The number of benzene rings is 2. The fraction of sp³-hybridized carbons (Fsp3) is 0.429. The van der Waals surface area contributed by atoms with Crippen LogP contribution >= 0.6 is 11.8 Å². The lowest BCUT2D eigenvalue weighted by molar-refractivity contribution is 0.0299. The topological polar surface area (TPSA) is 105 Å². The molecule has 1 N–H and O–H groups in total. The Bertz CT molecular complexity index is 946. The minimum Gasteiger partial charge on any atom is -0.768 e. The van der Waals surface area contributed by atoms with Gasteiger partial charge in [0.05, 0.1) is 12.7 Å². The zero-order valence-corrected chi connectivity index (χ0v) is 19.3. The Morgan fingerprint density at radius 2 is 1.97 bits per heavy atom. The average Bonchev–Trinajstić information content (AvgIpc) is 3.39. The highest BCUT2D eigenvalue weighted by molar-refractivity contribution is 7.99. The second-order valence-corrected chi connectivity index (χ2v) is 10.7. The number of nitrogens with zero attached hydrogens (tertiary/aromatic N) is 1. The number of thioether (sulfide) groups is 1. The summed E-state index contributed by atoms with van der Waals surface area (Å²) in [6.07, 6.45) is 2.26. The number of anilines is 1. The summed E-state index contributed by atoms with van der Waals surface area (Å²) in [5, 5.41) is 3.36. The molecule has 5 atom stereocenters. The molecule has 2 aliphatic rings. The van der Waals surface area contributed by atoms with Crippen molar-refractivity contribution in [3.05, 3.63) is 48.5 Å². The van der Waals surface area contributed by atoms with Crippen molar-refractivity contribution in [1.29, 1.82) is 0 Å². The van der Waals surface area contributed by atoms with Crippen LogP contribution in [0.5, 0.6) is 0 Å². The van der Waals surface area contributed by atoms with Crippen molar-refractivity contribution in [3.63, 3.8) is 0 Å². The highest BCUT2D eigenvalue weighted by Crippen LogP contribution is 2.29. The minimum atomic E-state index is -2.55. The second kappa shape index (κ2) is 10.6. The zero-order chi connectivity index (χ0) is 21.8. The molecule has 0 aliphatic carbocycles. The van der Waals surface area contributed by atoms with Gasteiger partial charge in [-0.25, -0.2) is 0 Å². The lowest BCUT2D eigenvalue weighted by Gasteiger charge is -2.29. The molecule has 4 rings (SSSR count). The lowest BCUT2D eigenvalue weighted by Crippen LogP contribution is -2.39. The molecule has 0 saturated carbocycles. The number of fused-ring (bicyclic) bond motifs is 2. The molecule has 0 aromatic heterocycles. The third-order valence-corrected chi connectivity index (χ3v) is 8.17. The van der Waals surface area contributed by atoms with Gasteiger partial charge in [0.25, 0.3) is 0 Å². The van der Waals surface area contributed by atoms with Gasteiger partial charge in [0.2, 0.25) is 0 Å². The summed E-state index contributed by atoms with van der Waals surface area (Å²) in [4.78, 5) is 3.51. The van der Waals surface area contributed by atoms with Crippen LogP contribution in [0.1, 0.15) is 12.8 Å². The molecule has 2 fully saturated rings. The highest BCUT2D eigenvalue weighted by atomic mass is 32.2. The van der Waals surface area contributed by atoms with Gasteiger partial charge in [-0.15, -0.1) is 11.8 Å². The molecule has 2 saturated heterocycles. The van der Waals surface area contributed by atoms with Crippen molar-refractivity contribution in [2.75, 3.05) is 30.8 Å². The van der Waals surface area contributed by atoms with Gasteiger partial charge in [-0.3, -0.25) is 13.3 Å². The first-order chi connectivity index (χ1) is 15.0. The normalized spacial score (nSPS) is 23.5. The maximum Gasteiger partial charge on any atom is 0.0718 e. The molecular weight excluding hydrogens is 456 g/mol. The highest BCUT2D eigenvalue weighted by Gasteiger charge is 2.38. The molecule has 0 spiro atoms. The van der Waals surface area contributed by atoms with Crippen LogP contribution in [0.3, 0.4) is 0 Å².